The number of carbonyl (C=O) groups is 3. The van der Waals surface area contributed by atoms with Gasteiger partial charge in [0.1, 0.15) is 12.7 Å². The molecule has 0 bridgehead atoms. The number of hydrogen-bond donors (Lipinski definition) is 3. The number of aliphatic hydroxyl groups excluding tert-OH is 1. The Morgan fingerprint density at radius 3 is 2.30 bits per heavy atom. The summed E-state index contributed by atoms with van der Waals surface area (Å²) in [5, 5.41) is 21.6. The zero-order valence-corrected chi connectivity index (χ0v) is 17.8. The van der Waals surface area contributed by atoms with Gasteiger partial charge in [-0.2, -0.15) is 8.42 Å². The fraction of sp³-hybridized carbons (Fsp3) is 0.526. The SMILES string of the molecule is CC(=O)NCCCS(=O)(=O)OC(COC(=O)c1ccccc1)C(C)(C)[C@@H](O)C(=O)O. The molecule has 1 aromatic carbocycles. The van der Waals surface area contributed by atoms with E-state index in [1.54, 1.807) is 18.2 Å². The van der Waals surface area contributed by atoms with E-state index in [9.17, 15) is 27.9 Å². The molecule has 0 aliphatic heterocycles. The summed E-state index contributed by atoms with van der Waals surface area (Å²) in [6.45, 7) is 3.37. The minimum atomic E-state index is -4.18. The molecule has 11 heteroatoms. The molecule has 30 heavy (non-hydrogen) atoms. The van der Waals surface area contributed by atoms with Crippen LogP contribution in [0.25, 0.3) is 0 Å². The summed E-state index contributed by atoms with van der Waals surface area (Å²) < 4.78 is 34.9. The molecule has 1 unspecified atom stereocenters. The summed E-state index contributed by atoms with van der Waals surface area (Å²) in [5.41, 5.74) is -1.40. The third-order valence-electron chi connectivity index (χ3n) is 4.35. The number of carboxylic acids is 1. The van der Waals surface area contributed by atoms with Gasteiger partial charge in [0.2, 0.25) is 5.91 Å². The standard InChI is InChI=1S/C19H27NO9S/c1-13(21)20-10-7-11-30(26,27)29-15(19(2,3)16(22)17(23)24)12-28-18(25)14-8-5-4-6-9-14/h4-6,8-9,15-16,22H,7,10-12H2,1-3H3,(H,20,21)(H,23,24)/t15?,16-/m0/s1. The summed E-state index contributed by atoms with van der Waals surface area (Å²) in [6.07, 6.45) is -3.39. The third-order valence-corrected chi connectivity index (χ3v) is 5.67. The predicted octanol–water partition coefficient (Wildman–Crippen LogP) is 0.556. The lowest BCUT2D eigenvalue weighted by molar-refractivity contribution is -0.159. The Labute approximate surface area is 175 Å². The second-order valence-corrected chi connectivity index (χ2v) is 8.93. The lowest BCUT2D eigenvalue weighted by Crippen LogP contribution is -2.49. The van der Waals surface area contributed by atoms with E-state index in [-0.39, 0.29) is 24.4 Å². The average Bonchev–Trinajstić information content (AvgIpc) is 2.67. The van der Waals surface area contributed by atoms with E-state index in [0.29, 0.717) is 0 Å². The number of amides is 1. The van der Waals surface area contributed by atoms with Crippen molar-refractivity contribution in [3.63, 3.8) is 0 Å². The highest BCUT2D eigenvalue weighted by atomic mass is 32.2. The van der Waals surface area contributed by atoms with Gasteiger partial charge in [-0.25, -0.2) is 9.59 Å². The van der Waals surface area contributed by atoms with Crippen LogP contribution in [-0.4, -0.2) is 67.6 Å². The number of nitrogens with one attached hydrogen (secondary N) is 1. The molecule has 3 N–H and O–H groups in total. The van der Waals surface area contributed by atoms with Gasteiger partial charge in [0.25, 0.3) is 10.1 Å². The monoisotopic (exact) mass is 445 g/mol. The molecule has 1 aromatic rings. The van der Waals surface area contributed by atoms with Crippen LogP contribution in [-0.2, 0) is 28.6 Å². The summed E-state index contributed by atoms with van der Waals surface area (Å²) in [7, 11) is -4.18. The molecule has 0 spiro atoms. The van der Waals surface area contributed by atoms with Crippen LogP contribution in [0.3, 0.4) is 0 Å². The maximum atomic E-state index is 12.3. The molecule has 0 saturated carbocycles. The molecule has 0 aliphatic rings. The zero-order chi connectivity index (χ0) is 22.9. The first-order valence-electron chi connectivity index (χ1n) is 9.15. The number of carboxylic acid groups (broad SMARTS) is 1. The summed E-state index contributed by atoms with van der Waals surface area (Å²) >= 11 is 0. The maximum absolute atomic E-state index is 12.3. The predicted molar refractivity (Wildman–Crippen MR) is 106 cm³/mol. The van der Waals surface area contributed by atoms with E-state index in [0.717, 1.165) is 0 Å². The van der Waals surface area contributed by atoms with Crippen molar-refractivity contribution >= 4 is 28.0 Å². The molecule has 0 fully saturated rings. The zero-order valence-electron chi connectivity index (χ0n) is 17.0. The molecule has 0 heterocycles. The van der Waals surface area contributed by atoms with Crippen molar-refractivity contribution in [2.45, 2.75) is 39.4 Å². The number of ether oxygens (including phenoxy) is 1. The van der Waals surface area contributed by atoms with Crippen molar-refractivity contribution in [2.24, 2.45) is 5.41 Å². The Morgan fingerprint density at radius 2 is 1.77 bits per heavy atom. The highest BCUT2D eigenvalue weighted by Gasteiger charge is 2.44. The van der Waals surface area contributed by atoms with E-state index in [1.807, 2.05) is 0 Å². The molecule has 1 amide bonds. The molecular formula is C19H27NO9S. The van der Waals surface area contributed by atoms with Gasteiger partial charge < -0.3 is 20.3 Å². The topological polar surface area (TPSA) is 156 Å². The van der Waals surface area contributed by atoms with Gasteiger partial charge in [-0.05, 0) is 18.6 Å². The number of carbonyl (C=O) groups excluding carboxylic acids is 2. The maximum Gasteiger partial charge on any atom is 0.338 e. The van der Waals surface area contributed by atoms with Gasteiger partial charge >= 0.3 is 11.9 Å². The Kier molecular flexibility index (Phi) is 9.40. The molecule has 2 atom stereocenters. The fourth-order valence-electron chi connectivity index (χ4n) is 2.41. The largest absolute Gasteiger partial charge is 0.479 e. The van der Waals surface area contributed by atoms with Crippen molar-refractivity contribution in [3.05, 3.63) is 35.9 Å². The molecule has 1 rings (SSSR count). The van der Waals surface area contributed by atoms with Gasteiger partial charge in [-0.3, -0.25) is 8.98 Å². The summed E-state index contributed by atoms with van der Waals surface area (Å²) in [4.78, 5) is 34.3. The number of esters is 1. The molecule has 168 valence electrons. The van der Waals surface area contributed by atoms with Crippen molar-refractivity contribution in [1.82, 2.24) is 5.32 Å². The Hall–Kier alpha value is -2.50. The van der Waals surface area contributed by atoms with Crippen LogP contribution in [0.1, 0.15) is 37.6 Å². The highest BCUT2D eigenvalue weighted by Crippen LogP contribution is 2.30. The second-order valence-electron chi connectivity index (χ2n) is 7.21. The number of benzene rings is 1. The minimum absolute atomic E-state index is 0.0559. The normalized spacial score (nSPS) is 13.9. The Bertz CT molecular complexity index is 837. The number of aliphatic carboxylic acids is 1. The molecule has 0 aromatic heterocycles. The van der Waals surface area contributed by atoms with E-state index in [2.05, 4.69) is 5.32 Å². The van der Waals surface area contributed by atoms with Crippen molar-refractivity contribution in [3.8, 4) is 0 Å². The van der Waals surface area contributed by atoms with Crippen LogP contribution in [0.15, 0.2) is 30.3 Å². The third kappa shape index (κ3) is 8.09. The van der Waals surface area contributed by atoms with Crippen molar-refractivity contribution in [1.29, 1.82) is 0 Å². The van der Waals surface area contributed by atoms with Gasteiger partial charge in [-0.15, -0.1) is 0 Å². The minimum Gasteiger partial charge on any atom is -0.479 e. The smallest absolute Gasteiger partial charge is 0.338 e. The van der Waals surface area contributed by atoms with Gasteiger partial charge in [0.05, 0.1) is 11.3 Å². The van der Waals surface area contributed by atoms with Crippen LogP contribution in [0.2, 0.25) is 0 Å². The van der Waals surface area contributed by atoms with E-state index in [4.69, 9.17) is 14.0 Å². The van der Waals surface area contributed by atoms with Gasteiger partial charge in [-0.1, -0.05) is 32.0 Å². The molecular weight excluding hydrogens is 418 g/mol. The van der Waals surface area contributed by atoms with Gasteiger partial charge in [0.15, 0.2) is 6.10 Å². The lowest BCUT2D eigenvalue weighted by Gasteiger charge is -2.35. The first kappa shape index (κ1) is 25.5. The quantitative estimate of drug-likeness (QED) is 0.237. The van der Waals surface area contributed by atoms with Crippen LogP contribution in [0.4, 0.5) is 0 Å². The fourth-order valence-corrected chi connectivity index (χ4v) is 3.66. The van der Waals surface area contributed by atoms with Crippen LogP contribution >= 0.6 is 0 Å². The van der Waals surface area contributed by atoms with E-state index < -0.39 is 52.0 Å². The van der Waals surface area contributed by atoms with E-state index in [1.165, 1.54) is 32.9 Å². The molecule has 0 saturated heterocycles. The highest BCUT2D eigenvalue weighted by molar-refractivity contribution is 7.86. The molecule has 10 nitrogen and oxygen atoms in total. The summed E-state index contributed by atoms with van der Waals surface area (Å²) in [5.74, 6) is -3.11. The number of hydrogen-bond acceptors (Lipinski definition) is 8. The second kappa shape index (κ2) is 11.0. The molecule has 0 radical (unpaired) electrons. The van der Waals surface area contributed by atoms with Crippen LogP contribution < -0.4 is 5.32 Å². The first-order valence-corrected chi connectivity index (χ1v) is 10.7. The first-order chi connectivity index (χ1) is 13.9. The van der Waals surface area contributed by atoms with Gasteiger partial charge in [0, 0.05) is 18.9 Å². The molecule has 0 aliphatic carbocycles. The Balaban J connectivity index is 2.93. The van der Waals surface area contributed by atoms with E-state index >= 15 is 0 Å². The van der Waals surface area contributed by atoms with Crippen molar-refractivity contribution < 1.29 is 41.9 Å². The summed E-state index contributed by atoms with van der Waals surface area (Å²) in [6, 6.07) is 7.91. The van der Waals surface area contributed by atoms with Crippen molar-refractivity contribution in [2.75, 3.05) is 18.9 Å². The Morgan fingerprint density at radius 1 is 1.17 bits per heavy atom. The van der Waals surface area contributed by atoms with Crippen LogP contribution in [0, 0.1) is 5.41 Å². The number of rotatable bonds is 12. The van der Waals surface area contributed by atoms with Crippen LogP contribution in [0.5, 0.6) is 0 Å². The average molecular weight is 445 g/mol. The lowest BCUT2D eigenvalue weighted by atomic mass is 9.81. The number of aliphatic hydroxyl groups is 1.